The van der Waals surface area contributed by atoms with Crippen LogP contribution in [-0.4, -0.2) is 37.8 Å². The summed E-state index contributed by atoms with van der Waals surface area (Å²) in [4.78, 5) is 12.7. The molecular formula is C20H23ClN2O3S. The highest BCUT2D eigenvalue weighted by atomic mass is 35.5. The zero-order chi connectivity index (χ0) is 19.6. The van der Waals surface area contributed by atoms with Gasteiger partial charge in [0, 0.05) is 19.1 Å². The van der Waals surface area contributed by atoms with Gasteiger partial charge in [0.15, 0.2) is 0 Å². The standard InChI is InChI=1S/C20H23ClN2O3S/c1-14-7-8-19(15(2)13-14)27(25,26)23-11-9-16(10-12-23)22-20(24)17-5-3-4-6-18(17)21/h3-8,13,16H,9-12H2,1-2H3,(H,22,24). The minimum Gasteiger partial charge on any atom is -0.349 e. The van der Waals surface area contributed by atoms with Crippen LogP contribution in [0.1, 0.15) is 34.3 Å². The van der Waals surface area contributed by atoms with E-state index in [1.54, 1.807) is 30.3 Å². The van der Waals surface area contributed by atoms with Crippen molar-refractivity contribution in [3.63, 3.8) is 0 Å². The summed E-state index contributed by atoms with van der Waals surface area (Å²) in [6, 6.07) is 12.2. The minimum absolute atomic E-state index is 0.0701. The lowest BCUT2D eigenvalue weighted by atomic mass is 10.1. The molecule has 0 aliphatic carbocycles. The van der Waals surface area contributed by atoms with Crippen LogP contribution in [0.5, 0.6) is 0 Å². The van der Waals surface area contributed by atoms with Gasteiger partial charge >= 0.3 is 0 Å². The van der Waals surface area contributed by atoms with E-state index < -0.39 is 10.0 Å². The van der Waals surface area contributed by atoms with Gasteiger partial charge < -0.3 is 5.32 Å². The summed E-state index contributed by atoms with van der Waals surface area (Å²) in [5, 5.41) is 3.37. The van der Waals surface area contributed by atoms with Crippen LogP contribution in [0, 0.1) is 13.8 Å². The molecule has 1 saturated heterocycles. The van der Waals surface area contributed by atoms with Crippen molar-refractivity contribution < 1.29 is 13.2 Å². The molecular weight excluding hydrogens is 384 g/mol. The van der Waals surface area contributed by atoms with Gasteiger partial charge in [0.05, 0.1) is 15.5 Å². The van der Waals surface area contributed by atoms with Crippen LogP contribution in [-0.2, 0) is 10.0 Å². The third kappa shape index (κ3) is 4.34. The van der Waals surface area contributed by atoms with Crippen molar-refractivity contribution in [2.24, 2.45) is 0 Å². The van der Waals surface area contributed by atoms with Crippen molar-refractivity contribution in [1.29, 1.82) is 0 Å². The first-order valence-corrected chi connectivity index (χ1v) is 10.7. The molecule has 0 bridgehead atoms. The number of halogens is 1. The number of piperidine rings is 1. The van der Waals surface area contributed by atoms with Crippen molar-refractivity contribution in [2.75, 3.05) is 13.1 Å². The molecule has 1 heterocycles. The molecule has 3 rings (SSSR count). The molecule has 0 radical (unpaired) electrons. The van der Waals surface area contributed by atoms with E-state index >= 15 is 0 Å². The van der Waals surface area contributed by atoms with Gasteiger partial charge in [0.2, 0.25) is 10.0 Å². The Labute approximate surface area is 165 Å². The molecule has 144 valence electrons. The summed E-state index contributed by atoms with van der Waals surface area (Å²) >= 11 is 6.07. The molecule has 7 heteroatoms. The lowest BCUT2D eigenvalue weighted by molar-refractivity contribution is 0.0924. The third-order valence-electron chi connectivity index (χ3n) is 4.86. The molecule has 0 unspecified atom stereocenters. The van der Waals surface area contributed by atoms with E-state index in [1.807, 2.05) is 26.0 Å². The quantitative estimate of drug-likeness (QED) is 0.844. The van der Waals surface area contributed by atoms with Gasteiger partial charge in [-0.3, -0.25) is 4.79 Å². The Hall–Kier alpha value is -1.89. The van der Waals surface area contributed by atoms with E-state index in [0.717, 1.165) is 11.1 Å². The van der Waals surface area contributed by atoms with Gasteiger partial charge in [-0.05, 0) is 50.5 Å². The molecule has 1 fully saturated rings. The number of hydrogen-bond donors (Lipinski definition) is 1. The molecule has 0 aromatic heterocycles. The highest BCUT2D eigenvalue weighted by Gasteiger charge is 2.31. The van der Waals surface area contributed by atoms with Crippen LogP contribution in [0.25, 0.3) is 0 Å². The topological polar surface area (TPSA) is 66.5 Å². The molecule has 2 aromatic rings. The molecule has 1 aliphatic heterocycles. The summed E-state index contributed by atoms with van der Waals surface area (Å²) in [6.07, 6.45) is 1.14. The monoisotopic (exact) mass is 406 g/mol. The fourth-order valence-corrected chi connectivity index (χ4v) is 5.27. The molecule has 1 aliphatic rings. The van der Waals surface area contributed by atoms with Gasteiger partial charge in [-0.25, -0.2) is 8.42 Å². The Morgan fingerprint density at radius 2 is 1.78 bits per heavy atom. The normalized spacial score (nSPS) is 16.3. The number of carbonyl (C=O) groups is 1. The van der Waals surface area contributed by atoms with Gasteiger partial charge in [0.25, 0.3) is 5.91 Å². The number of hydrogen-bond acceptors (Lipinski definition) is 3. The van der Waals surface area contributed by atoms with Crippen molar-refractivity contribution >= 4 is 27.5 Å². The minimum atomic E-state index is -3.52. The number of nitrogens with one attached hydrogen (secondary N) is 1. The molecule has 5 nitrogen and oxygen atoms in total. The largest absolute Gasteiger partial charge is 0.349 e. The second-order valence-electron chi connectivity index (χ2n) is 6.90. The molecule has 0 atom stereocenters. The second kappa shape index (κ2) is 8.00. The number of benzene rings is 2. The number of sulfonamides is 1. The molecule has 0 spiro atoms. The zero-order valence-corrected chi connectivity index (χ0v) is 17.0. The molecule has 1 N–H and O–H groups in total. The van der Waals surface area contributed by atoms with Crippen LogP contribution in [0.15, 0.2) is 47.4 Å². The Bertz CT molecular complexity index is 951. The SMILES string of the molecule is Cc1ccc(S(=O)(=O)N2CCC(NC(=O)c3ccccc3Cl)CC2)c(C)c1. The maximum atomic E-state index is 12.9. The lowest BCUT2D eigenvalue weighted by Crippen LogP contribution is -2.46. The summed E-state index contributed by atoms with van der Waals surface area (Å²) in [6.45, 7) is 4.51. The van der Waals surface area contributed by atoms with Crippen molar-refractivity contribution in [2.45, 2.75) is 37.6 Å². The molecule has 1 amide bonds. The van der Waals surface area contributed by atoms with Crippen molar-refractivity contribution in [3.8, 4) is 0 Å². The lowest BCUT2D eigenvalue weighted by Gasteiger charge is -2.32. The first-order chi connectivity index (χ1) is 12.8. The Balaban J connectivity index is 1.65. The third-order valence-corrected chi connectivity index (χ3v) is 7.24. The summed E-state index contributed by atoms with van der Waals surface area (Å²) < 4.78 is 27.4. The van der Waals surface area contributed by atoms with E-state index in [0.29, 0.717) is 41.4 Å². The first kappa shape index (κ1) is 19.9. The van der Waals surface area contributed by atoms with E-state index in [9.17, 15) is 13.2 Å². The van der Waals surface area contributed by atoms with Gasteiger partial charge in [-0.15, -0.1) is 0 Å². The summed E-state index contributed by atoms with van der Waals surface area (Å²) in [5.74, 6) is -0.226. The Kier molecular flexibility index (Phi) is 5.89. The Morgan fingerprint density at radius 1 is 1.11 bits per heavy atom. The number of nitrogens with zero attached hydrogens (tertiary/aromatic N) is 1. The average Bonchev–Trinajstić information content (AvgIpc) is 2.62. The highest BCUT2D eigenvalue weighted by Crippen LogP contribution is 2.24. The first-order valence-electron chi connectivity index (χ1n) is 8.92. The number of aryl methyl sites for hydroxylation is 2. The molecule has 2 aromatic carbocycles. The van der Waals surface area contributed by atoms with E-state index in [-0.39, 0.29) is 11.9 Å². The number of amides is 1. The van der Waals surface area contributed by atoms with Crippen LogP contribution < -0.4 is 5.32 Å². The summed E-state index contributed by atoms with van der Waals surface area (Å²) in [5.41, 5.74) is 2.22. The highest BCUT2D eigenvalue weighted by molar-refractivity contribution is 7.89. The van der Waals surface area contributed by atoms with Gasteiger partial charge in [-0.1, -0.05) is 41.4 Å². The van der Waals surface area contributed by atoms with Crippen molar-refractivity contribution in [3.05, 3.63) is 64.2 Å². The van der Waals surface area contributed by atoms with E-state index in [1.165, 1.54) is 4.31 Å². The van der Waals surface area contributed by atoms with Gasteiger partial charge in [-0.2, -0.15) is 4.31 Å². The number of rotatable bonds is 4. The molecule has 0 saturated carbocycles. The fourth-order valence-electron chi connectivity index (χ4n) is 3.38. The van der Waals surface area contributed by atoms with Crippen LogP contribution >= 0.6 is 11.6 Å². The predicted molar refractivity (Wildman–Crippen MR) is 107 cm³/mol. The van der Waals surface area contributed by atoms with E-state index in [4.69, 9.17) is 11.6 Å². The van der Waals surface area contributed by atoms with Crippen molar-refractivity contribution in [1.82, 2.24) is 9.62 Å². The van der Waals surface area contributed by atoms with Crippen LogP contribution in [0.4, 0.5) is 0 Å². The maximum absolute atomic E-state index is 12.9. The second-order valence-corrected chi connectivity index (χ2v) is 9.21. The van der Waals surface area contributed by atoms with Gasteiger partial charge in [0.1, 0.15) is 0 Å². The van der Waals surface area contributed by atoms with Crippen LogP contribution in [0.3, 0.4) is 0 Å². The zero-order valence-electron chi connectivity index (χ0n) is 15.4. The summed E-state index contributed by atoms with van der Waals surface area (Å²) in [7, 11) is -3.52. The smallest absolute Gasteiger partial charge is 0.253 e. The molecule has 27 heavy (non-hydrogen) atoms. The average molecular weight is 407 g/mol. The fraction of sp³-hybridized carbons (Fsp3) is 0.350. The number of carbonyl (C=O) groups excluding carboxylic acids is 1. The van der Waals surface area contributed by atoms with Crippen LogP contribution in [0.2, 0.25) is 5.02 Å². The Morgan fingerprint density at radius 3 is 2.41 bits per heavy atom. The van der Waals surface area contributed by atoms with E-state index in [2.05, 4.69) is 5.32 Å². The maximum Gasteiger partial charge on any atom is 0.253 e. The predicted octanol–water partition coefficient (Wildman–Crippen LogP) is 3.54.